The van der Waals surface area contributed by atoms with E-state index in [9.17, 15) is 10.2 Å². The molecule has 1 aliphatic heterocycles. The van der Waals surface area contributed by atoms with Crippen LogP contribution in [0.5, 0.6) is 0 Å². The van der Waals surface area contributed by atoms with E-state index in [0.717, 1.165) is 0 Å². The van der Waals surface area contributed by atoms with Crippen molar-refractivity contribution < 1.29 is 30.0 Å². The summed E-state index contributed by atoms with van der Waals surface area (Å²) in [4.78, 5) is 4.21. The lowest BCUT2D eigenvalue weighted by molar-refractivity contribution is -0.297. The van der Waals surface area contributed by atoms with Gasteiger partial charge in [-0.3, -0.25) is 4.84 Å². The lowest BCUT2D eigenvalue weighted by Gasteiger charge is -2.38. The Morgan fingerprint density at radius 2 is 1.85 bits per heavy atom. The van der Waals surface area contributed by atoms with Crippen LogP contribution in [0.3, 0.4) is 0 Å². The number of hydrogen-bond acceptors (Lipinski definition) is 7. The zero-order valence-corrected chi connectivity index (χ0v) is 6.78. The highest BCUT2D eigenvalue weighted by atomic mass is 16.7. The van der Waals surface area contributed by atoms with Crippen molar-refractivity contribution in [2.45, 2.75) is 30.7 Å². The second-order valence-corrected chi connectivity index (χ2v) is 2.83. The fourth-order valence-electron chi connectivity index (χ4n) is 1.22. The maximum atomic E-state index is 9.30. The lowest BCUT2D eigenvalue weighted by Crippen LogP contribution is -2.59. The van der Waals surface area contributed by atoms with Crippen LogP contribution in [0.4, 0.5) is 0 Å². The van der Waals surface area contributed by atoms with Gasteiger partial charge in [0.15, 0.2) is 12.4 Å². The smallest absolute Gasteiger partial charge is 0.186 e. The molecule has 0 spiro atoms. The van der Waals surface area contributed by atoms with E-state index in [4.69, 9.17) is 20.8 Å². The fourth-order valence-corrected chi connectivity index (χ4v) is 1.22. The molecule has 1 heterocycles. The molecule has 1 fully saturated rings. The summed E-state index contributed by atoms with van der Waals surface area (Å²) < 4.78 is 4.71. The molecule has 78 valence electrons. The van der Waals surface area contributed by atoms with Gasteiger partial charge in [0.2, 0.25) is 0 Å². The highest BCUT2D eigenvalue weighted by molar-refractivity contribution is 4.88. The first-order chi connectivity index (χ1) is 6.11. The van der Waals surface area contributed by atoms with Gasteiger partial charge in [0.05, 0.1) is 6.61 Å². The molecule has 13 heavy (non-hydrogen) atoms. The van der Waals surface area contributed by atoms with E-state index >= 15 is 0 Å². The highest BCUT2D eigenvalue weighted by Gasteiger charge is 2.44. The molecule has 0 aromatic heterocycles. The van der Waals surface area contributed by atoms with Crippen molar-refractivity contribution in [3.05, 3.63) is 0 Å². The molecule has 5 atom stereocenters. The third-order valence-corrected chi connectivity index (χ3v) is 2.00. The van der Waals surface area contributed by atoms with Crippen LogP contribution in [0.2, 0.25) is 0 Å². The van der Waals surface area contributed by atoms with Gasteiger partial charge >= 0.3 is 0 Å². The van der Waals surface area contributed by atoms with E-state index in [1.165, 1.54) is 0 Å². The average molecular weight is 195 g/mol. The van der Waals surface area contributed by atoms with E-state index in [-0.39, 0.29) is 0 Å². The third-order valence-electron chi connectivity index (χ3n) is 2.00. The molecular formula is C6H13NO6. The largest absolute Gasteiger partial charge is 0.394 e. The lowest BCUT2D eigenvalue weighted by atomic mass is 9.99. The average Bonchev–Trinajstić information content (AvgIpc) is 2.12. The quantitative estimate of drug-likeness (QED) is 0.292. The van der Waals surface area contributed by atoms with Crippen LogP contribution in [-0.4, -0.2) is 57.7 Å². The molecule has 0 aromatic carbocycles. The summed E-state index contributed by atoms with van der Waals surface area (Å²) >= 11 is 0. The molecule has 6 N–H and O–H groups in total. The maximum absolute atomic E-state index is 9.30. The monoisotopic (exact) mass is 195 g/mol. The first-order valence-corrected chi connectivity index (χ1v) is 3.78. The van der Waals surface area contributed by atoms with Crippen molar-refractivity contribution in [2.75, 3.05) is 6.61 Å². The Morgan fingerprint density at radius 3 is 2.31 bits per heavy atom. The number of nitrogens with two attached hydrogens (primary N) is 1. The molecule has 1 aliphatic rings. The molecule has 1 rings (SSSR count). The predicted octanol–water partition coefficient (Wildman–Crippen LogP) is -3.32. The number of aliphatic hydroxyl groups excluding tert-OH is 4. The van der Waals surface area contributed by atoms with Crippen molar-refractivity contribution in [1.29, 1.82) is 0 Å². The van der Waals surface area contributed by atoms with Crippen molar-refractivity contribution in [3.8, 4) is 0 Å². The van der Waals surface area contributed by atoms with Gasteiger partial charge in [-0.25, -0.2) is 5.90 Å². The molecular weight excluding hydrogens is 182 g/mol. The van der Waals surface area contributed by atoms with Gasteiger partial charge in [0, 0.05) is 0 Å². The summed E-state index contributed by atoms with van der Waals surface area (Å²) in [5.74, 6) is 4.76. The Labute approximate surface area is 74.3 Å². The molecule has 0 radical (unpaired) electrons. The van der Waals surface area contributed by atoms with Crippen molar-refractivity contribution >= 4 is 0 Å². The Bertz CT molecular complexity index is 167. The van der Waals surface area contributed by atoms with Crippen LogP contribution < -0.4 is 5.90 Å². The van der Waals surface area contributed by atoms with Crippen LogP contribution in [0.15, 0.2) is 0 Å². The van der Waals surface area contributed by atoms with Gasteiger partial charge in [-0.1, -0.05) is 0 Å². The minimum Gasteiger partial charge on any atom is -0.394 e. The van der Waals surface area contributed by atoms with Gasteiger partial charge in [0.1, 0.15) is 18.3 Å². The van der Waals surface area contributed by atoms with Gasteiger partial charge in [-0.2, -0.15) is 0 Å². The number of ether oxygens (including phenoxy) is 1. The summed E-state index contributed by atoms with van der Waals surface area (Å²) in [5, 5.41) is 36.4. The normalized spacial score (nSPS) is 46.4. The van der Waals surface area contributed by atoms with Crippen molar-refractivity contribution in [3.63, 3.8) is 0 Å². The highest BCUT2D eigenvalue weighted by Crippen LogP contribution is 2.20. The predicted molar refractivity (Wildman–Crippen MR) is 39.0 cm³/mol. The van der Waals surface area contributed by atoms with Crippen LogP contribution in [0.25, 0.3) is 0 Å². The zero-order chi connectivity index (χ0) is 10.0. The zero-order valence-electron chi connectivity index (χ0n) is 6.78. The van der Waals surface area contributed by atoms with E-state index in [1.807, 2.05) is 0 Å². The molecule has 0 bridgehead atoms. The summed E-state index contributed by atoms with van der Waals surface area (Å²) in [6.45, 7) is -0.507. The molecule has 1 saturated heterocycles. The minimum absolute atomic E-state index is 0.507. The van der Waals surface area contributed by atoms with Crippen molar-refractivity contribution in [2.24, 2.45) is 5.90 Å². The summed E-state index contributed by atoms with van der Waals surface area (Å²) in [7, 11) is 0. The van der Waals surface area contributed by atoms with Crippen LogP contribution >= 0.6 is 0 Å². The Kier molecular flexibility index (Phi) is 3.56. The molecule has 0 amide bonds. The standard InChI is InChI=1S/C6H13NO6/c7-13-5-4(10)3(9)2(1-8)12-6(5)11/h2-6,8-11H,1,7H2/t2-,3-,4+,5-,6-/m1/s1. The number of rotatable bonds is 2. The van der Waals surface area contributed by atoms with Gasteiger partial charge in [0.25, 0.3) is 0 Å². The fraction of sp³-hybridized carbons (Fsp3) is 1.00. The van der Waals surface area contributed by atoms with Gasteiger partial charge in [-0.15, -0.1) is 0 Å². The maximum Gasteiger partial charge on any atom is 0.186 e. The summed E-state index contributed by atoms with van der Waals surface area (Å²) in [5.41, 5.74) is 0. The van der Waals surface area contributed by atoms with E-state index in [0.29, 0.717) is 0 Å². The van der Waals surface area contributed by atoms with Crippen LogP contribution in [0.1, 0.15) is 0 Å². The summed E-state index contributed by atoms with van der Waals surface area (Å²) in [6.07, 6.45) is -6.41. The van der Waals surface area contributed by atoms with Gasteiger partial charge < -0.3 is 25.2 Å². The summed E-state index contributed by atoms with van der Waals surface area (Å²) in [6, 6.07) is 0. The number of aliphatic hydroxyl groups is 4. The Morgan fingerprint density at radius 1 is 1.23 bits per heavy atom. The Balaban J connectivity index is 2.66. The molecule has 7 nitrogen and oxygen atoms in total. The Hall–Kier alpha value is -0.280. The van der Waals surface area contributed by atoms with E-state index in [1.54, 1.807) is 0 Å². The molecule has 0 aliphatic carbocycles. The number of hydrogen-bond donors (Lipinski definition) is 5. The van der Waals surface area contributed by atoms with Gasteiger partial charge in [-0.05, 0) is 0 Å². The molecule has 0 unspecified atom stereocenters. The third kappa shape index (κ3) is 1.97. The van der Waals surface area contributed by atoms with E-state index < -0.39 is 37.3 Å². The molecule has 0 saturated carbocycles. The van der Waals surface area contributed by atoms with Crippen LogP contribution in [-0.2, 0) is 9.57 Å². The first kappa shape index (κ1) is 10.8. The molecule has 0 aromatic rings. The van der Waals surface area contributed by atoms with E-state index in [2.05, 4.69) is 4.84 Å². The SMILES string of the molecule is NO[C@@H]1[C@@H](O)[C@H](O)[C@@H](CO)O[C@H]1O. The first-order valence-electron chi connectivity index (χ1n) is 3.78. The van der Waals surface area contributed by atoms with Crippen molar-refractivity contribution in [1.82, 2.24) is 0 Å². The topological polar surface area (TPSA) is 125 Å². The second kappa shape index (κ2) is 4.29. The second-order valence-electron chi connectivity index (χ2n) is 2.83. The van der Waals surface area contributed by atoms with Crippen LogP contribution in [0, 0.1) is 0 Å². The molecule has 7 heteroatoms. The minimum atomic E-state index is -1.46.